The molecule has 0 unspecified atom stereocenters. The number of carbonyl (C=O) groups excluding carboxylic acids is 1. The van der Waals surface area contributed by atoms with E-state index in [-0.39, 0.29) is 29.0 Å². The van der Waals surface area contributed by atoms with E-state index in [4.69, 9.17) is 17.2 Å². The summed E-state index contributed by atoms with van der Waals surface area (Å²) in [5, 5.41) is 0. The molecule has 1 amide bonds. The van der Waals surface area contributed by atoms with Gasteiger partial charge in [0.1, 0.15) is 15.8 Å². The fourth-order valence-electron chi connectivity index (χ4n) is 5.25. The molecule has 2 aromatic heterocycles. The lowest BCUT2D eigenvalue weighted by molar-refractivity contribution is -0.123. The van der Waals surface area contributed by atoms with Gasteiger partial charge in [-0.3, -0.25) is 18.9 Å². The number of pyridine rings is 1. The van der Waals surface area contributed by atoms with Crippen LogP contribution in [-0.2, 0) is 14.6 Å². The molecule has 0 spiro atoms. The van der Waals surface area contributed by atoms with E-state index < -0.39 is 15.9 Å². The Labute approximate surface area is 214 Å². The van der Waals surface area contributed by atoms with E-state index in [1.165, 1.54) is 9.30 Å². The molecule has 5 rings (SSSR count). The van der Waals surface area contributed by atoms with Crippen LogP contribution in [0.15, 0.2) is 28.0 Å². The Bertz CT molecular complexity index is 1420. The van der Waals surface area contributed by atoms with Crippen LogP contribution in [0, 0.1) is 6.92 Å². The molecule has 0 saturated carbocycles. The molecule has 8 nitrogen and oxygen atoms in total. The van der Waals surface area contributed by atoms with Gasteiger partial charge in [-0.25, -0.2) is 13.4 Å². The average Bonchev–Trinajstić information content (AvgIpc) is 3.32. The van der Waals surface area contributed by atoms with Crippen molar-refractivity contribution in [3.8, 4) is 0 Å². The van der Waals surface area contributed by atoms with Gasteiger partial charge in [0.25, 0.3) is 11.5 Å². The molecule has 0 N–H and O–H groups in total. The zero-order valence-electron chi connectivity index (χ0n) is 19.8. The van der Waals surface area contributed by atoms with Gasteiger partial charge in [0, 0.05) is 18.8 Å². The summed E-state index contributed by atoms with van der Waals surface area (Å²) in [6.45, 7) is 4.87. The van der Waals surface area contributed by atoms with Crippen molar-refractivity contribution in [1.82, 2.24) is 14.3 Å². The number of thiocarbonyl (C=S) groups is 1. The molecule has 3 aliphatic heterocycles. The lowest BCUT2D eigenvalue weighted by Crippen LogP contribution is -2.41. The fraction of sp³-hybridized carbons (Fsp3) is 0.500. The number of aryl methyl sites for hydroxylation is 1. The number of fused-ring (bicyclic) bond motifs is 1. The quantitative estimate of drug-likeness (QED) is 0.438. The van der Waals surface area contributed by atoms with Crippen LogP contribution in [0.3, 0.4) is 0 Å². The number of nitrogens with zero attached hydrogens (tertiary/aromatic N) is 4. The van der Waals surface area contributed by atoms with E-state index in [1.54, 1.807) is 12.3 Å². The number of amides is 1. The average molecular weight is 533 g/mol. The fourth-order valence-corrected chi connectivity index (χ4v) is 8.34. The van der Waals surface area contributed by atoms with Crippen molar-refractivity contribution in [3.63, 3.8) is 0 Å². The number of thioether (sulfide) groups is 1. The van der Waals surface area contributed by atoms with Crippen LogP contribution < -0.4 is 10.5 Å². The predicted molar refractivity (Wildman–Crippen MR) is 144 cm³/mol. The summed E-state index contributed by atoms with van der Waals surface area (Å²) in [6.07, 6.45) is 7.81. The number of hydrogen-bond donors (Lipinski definition) is 0. The molecule has 3 fully saturated rings. The van der Waals surface area contributed by atoms with Crippen LogP contribution >= 0.6 is 24.0 Å². The second-order valence-corrected chi connectivity index (χ2v) is 13.3. The number of anilines is 1. The minimum Gasteiger partial charge on any atom is -0.353 e. The van der Waals surface area contributed by atoms with Gasteiger partial charge in [0.05, 0.1) is 28.0 Å². The molecular weight excluding hydrogens is 504 g/mol. The van der Waals surface area contributed by atoms with E-state index in [0.29, 0.717) is 32.7 Å². The first-order chi connectivity index (χ1) is 16.7. The highest BCUT2D eigenvalue weighted by atomic mass is 32.2. The van der Waals surface area contributed by atoms with Crippen LogP contribution in [0.1, 0.15) is 50.2 Å². The molecule has 2 atom stereocenters. The first-order valence-electron chi connectivity index (χ1n) is 12.0. The number of hydrogen-bond acceptors (Lipinski definition) is 8. The number of sulfone groups is 1. The molecule has 5 heterocycles. The summed E-state index contributed by atoms with van der Waals surface area (Å²) in [6, 6.07) is 3.56. The maximum atomic E-state index is 13.7. The molecule has 186 valence electrons. The topological polar surface area (TPSA) is 92.1 Å². The normalized spacial score (nSPS) is 25.8. The summed E-state index contributed by atoms with van der Waals surface area (Å²) in [5.74, 6) is 0.237. The van der Waals surface area contributed by atoms with Gasteiger partial charge < -0.3 is 4.90 Å². The van der Waals surface area contributed by atoms with Gasteiger partial charge in [0.15, 0.2) is 9.84 Å². The first kappa shape index (κ1) is 24.5. The minimum absolute atomic E-state index is 0.0561. The molecule has 3 saturated heterocycles. The van der Waals surface area contributed by atoms with Crippen molar-refractivity contribution in [2.24, 2.45) is 0 Å². The molecule has 2 aromatic rings. The second-order valence-electron chi connectivity index (χ2n) is 9.40. The van der Waals surface area contributed by atoms with Gasteiger partial charge in [-0.1, -0.05) is 37.0 Å². The summed E-state index contributed by atoms with van der Waals surface area (Å²) < 4.78 is 25.9. The molecule has 0 aliphatic carbocycles. The summed E-state index contributed by atoms with van der Waals surface area (Å²) >= 11 is 6.59. The Morgan fingerprint density at radius 1 is 1.26 bits per heavy atom. The zero-order chi connectivity index (χ0) is 24.9. The van der Waals surface area contributed by atoms with Crippen molar-refractivity contribution < 1.29 is 13.2 Å². The van der Waals surface area contributed by atoms with Gasteiger partial charge in [0.2, 0.25) is 0 Å². The lowest BCUT2D eigenvalue weighted by Gasteiger charge is -2.37. The van der Waals surface area contributed by atoms with E-state index in [9.17, 15) is 18.0 Å². The zero-order valence-corrected chi connectivity index (χ0v) is 22.2. The van der Waals surface area contributed by atoms with E-state index >= 15 is 0 Å². The molecule has 0 aromatic carbocycles. The monoisotopic (exact) mass is 532 g/mol. The van der Waals surface area contributed by atoms with Crippen LogP contribution in [0.2, 0.25) is 0 Å². The lowest BCUT2D eigenvalue weighted by atomic mass is 9.99. The van der Waals surface area contributed by atoms with Gasteiger partial charge in [-0.05, 0) is 56.7 Å². The third kappa shape index (κ3) is 4.42. The van der Waals surface area contributed by atoms with Crippen molar-refractivity contribution in [3.05, 3.63) is 44.7 Å². The van der Waals surface area contributed by atoms with Crippen LogP contribution in [0.5, 0.6) is 0 Å². The third-order valence-electron chi connectivity index (χ3n) is 7.11. The molecular formula is C24H28N4O4S3. The summed E-state index contributed by atoms with van der Waals surface area (Å²) in [7, 11) is -3.17. The Balaban J connectivity index is 1.63. The highest BCUT2D eigenvalue weighted by Gasteiger charge is 2.42. The van der Waals surface area contributed by atoms with Gasteiger partial charge >= 0.3 is 0 Å². The largest absolute Gasteiger partial charge is 0.353 e. The van der Waals surface area contributed by atoms with Gasteiger partial charge in [-0.15, -0.1) is 0 Å². The van der Waals surface area contributed by atoms with Crippen molar-refractivity contribution in [2.75, 3.05) is 23.0 Å². The standard InChI is InChI=1S/C24H28N4O4S3/c1-3-16-8-4-5-10-26(16)21-18(22(29)27-11-6-7-15(2)20(27)25-21)13-19-23(30)28(24(33)34-19)17-9-12-35(31,32)14-17/h6-7,11,13,16-17H,3-5,8-10,12,14H2,1-2H3/b19-13-/t16-,17-/m1/s1. The van der Waals surface area contributed by atoms with Crippen molar-refractivity contribution in [1.29, 1.82) is 0 Å². The Kier molecular flexibility index (Phi) is 6.52. The third-order valence-corrected chi connectivity index (χ3v) is 10.2. The Morgan fingerprint density at radius 3 is 2.77 bits per heavy atom. The minimum atomic E-state index is -3.17. The highest BCUT2D eigenvalue weighted by molar-refractivity contribution is 8.26. The van der Waals surface area contributed by atoms with E-state index in [2.05, 4.69) is 11.8 Å². The maximum Gasteiger partial charge on any atom is 0.267 e. The molecule has 3 aliphatic rings. The smallest absolute Gasteiger partial charge is 0.267 e. The molecule has 0 radical (unpaired) electrons. The molecule has 11 heteroatoms. The highest BCUT2D eigenvalue weighted by Crippen LogP contribution is 2.37. The van der Waals surface area contributed by atoms with Crippen molar-refractivity contribution in [2.45, 2.75) is 58.0 Å². The maximum absolute atomic E-state index is 13.7. The Hall–Kier alpha value is -2.24. The van der Waals surface area contributed by atoms with Crippen LogP contribution in [0.4, 0.5) is 5.82 Å². The van der Waals surface area contributed by atoms with E-state index in [1.807, 2.05) is 19.1 Å². The molecule has 35 heavy (non-hydrogen) atoms. The number of aromatic nitrogens is 2. The number of piperidine rings is 1. The first-order valence-corrected chi connectivity index (χ1v) is 15.0. The molecule has 0 bridgehead atoms. The van der Waals surface area contributed by atoms with E-state index in [0.717, 1.165) is 49.6 Å². The predicted octanol–water partition coefficient (Wildman–Crippen LogP) is 3.16. The van der Waals surface area contributed by atoms with Gasteiger partial charge in [-0.2, -0.15) is 0 Å². The summed E-state index contributed by atoms with van der Waals surface area (Å²) in [4.78, 5) is 36.0. The van der Waals surface area contributed by atoms with Crippen molar-refractivity contribution >= 4 is 61.6 Å². The second kappa shape index (κ2) is 9.33. The number of rotatable bonds is 4. The number of carbonyl (C=O) groups is 1. The van der Waals surface area contributed by atoms with Crippen LogP contribution in [-0.4, -0.2) is 63.1 Å². The SMILES string of the molecule is CC[C@@H]1CCCCN1c1nc2c(C)cccn2c(=O)c1/C=C1\SC(=S)N([C@@H]2CCS(=O)(=O)C2)C1=O. The Morgan fingerprint density at radius 2 is 2.06 bits per heavy atom. The van der Waals surface area contributed by atoms with Crippen LogP contribution in [0.25, 0.3) is 11.7 Å². The summed E-state index contributed by atoms with van der Waals surface area (Å²) in [5.41, 5.74) is 1.64.